The molecule has 0 saturated heterocycles. The second kappa shape index (κ2) is 10.7. The van der Waals surface area contributed by atoms with Crippen molar-refractivity contribution in [2.24, 2.45) is 0 Å². The minimum absolute atomic E-state index is 0.193. The number of thiophene rings is 1. The fourth-order valence-electron chi connectivity index (χ4n) is 5.77. The summed E-state index contributed by atoms with van der Waals surface area (Å²) in [4.78, 5) is 17.7. The fourth-order valence-corrected chi connectivity index (χ4v) is 7.17. The van der Waals surface area contributed by atoms with Gasteiger partial charge in [-0.2, -0.15) is 0 Å². The lowest BCUT2D eigenvalue weighted by atomic mass is 9.95. The summed E-state index contributed by atoms with van der Waals surface area (Å²) in [6, 6.07) is 17.2. The SMILES string of the molecule is CCOc1cccc([C@H]2c3cccn3-c3sc4c(c3CN2C(=O)Nc2ccc(OC)cc2OC)CCCC4)c1. The lowest BCUT2D eigenvalue weighted by molar-refractivity contribution is 0.194. The van der Waals surface area contributed by atoms with Crippen molar-refractivity contribution in [3.8, 4) is 22.2 Å². The van der Waals surface area contributed by atoms with Crippen molar-refractivity contribution >= 4 is 23.1 Å². The summed E-state index contributed by atoms with van der Waals surface area (Å²) in [5.74, 6) is 2.00. The second-order valence-corrected chi connectivity index (χ2v) is 10.9. The molecule has 2 aliphatic rings. The molecule has 0 fully saturated rings. The minimum Gasteiger partial charge on any atom is -0.497 e. The number of rotatable bonds is 6. The minimum atomic E-state index is -0.316. The molecule has 2 aromatic carbocycles. The van der Waals surface area contributed by atoms with Crippen LogP contribution in [0.15, 0.2) is 60.8 Å². The number of urea groups is 1. The molecule has 1 atom stereocenters. The van der Waals surface area contributed by atoms with Crippen LogP contribution >= 0.6 is 11.3 Å². The Balaban J connectivity index is 1.47. The molecule has 7 nitrogen and oxygen atoms in total. The molecule has 4 aromatic rings. The molecular formula is C31H33N3O4S. The van der Waals surface area contributed by atoms with Gasteiger partial charge in [0.25, 0.3) is 0 Å². The van der Waals surface area contributed by atoms with Crippen LogP contribution in [0.3, 0.4) is 0 Å². The highest BCUT2D eigenvalue weighted by Crippen LogP contribution is 2.44. The van der Waals surface area contributed by atoms with Gasteiger partial charge in [-0.3, -0.25) is 0 Å². The third kappa shape index (κ3) is 4.63. The summed E-state index contributed by atoms with van der Waals surface area (Å²) < 4.78 is 19.1. The van der Waals surface area contributed by atoms with Gasteiger partial charge >= 0.3 is 6.03 Å². The van der Waals surface area contributed by atoms with Crippen LogP contribution in [-0.4, -0.2) is 36.3 Å². The zero-order valence-corrected chi connectivity index (χ0v) is 23.3. The highest BCUT2D eigenvalue weighted by molar-refractivity contribution is 7.15. The Kier molecular flexibility index (Phi) is 6.95. The van der Waals surface area contributed by atoms with Crippen LogP contribution in [0, 0.1) is 0 Å². The third-order valence-electron chi connectivity index (χ3n) is 7.57. The van der Waals surface area contributed by atoms with E-state index < -0.39 is 0 Å². The summed E-state index contributed by atoms with van der Waals surface area (Å²) in [5, 5.41) is 4.37. The first kappa shape index (κ1) is 25.4. The summed E-state index contributed by atoms with van der Waals surface area (Å²) in [7, 11) is 3.20. The monoisotopic (exact) mass is 543 g/mol. The van der Waals surface area contributed by atoms with Gasteiger partial charge in [0, 0.05) is 22.7 Å². The highest BCUT2D eigenvalue weighted by atomic mass is 32.1. The number of nitrogens with zero attached hydrogens (tertiary/aromatic N) is 2. The van der Waals surface area contributed by atoms with E-state index in [9.17, 15) is 4.79 Å². The van der Waals surface area contributed by atoms with Crippen LogP contribution in [0.5, 0.6) is 17.2 Å². The van der Waals surface area contributed by atoms with Crippen LogP contribution in [0.2, 0.25) is 0 Å². The molecule has 1 N–H and O–H groups in total. The average Bonchev–Trinajstić information content (AvgIpc) is 3.55. The topological polar surface area (TPSA) is 65.0 Å². The maximum atomic E-state index is 14.3. The number of anilines is 1. The molecule has 3 heterocycles. The number of ether oxygens (including phenoxy) is 3. The van der Waals surface area contributed by atoms with Crippen LogP contribution in [0.25, 0.3) is 5.00 Å². The number of amides is 2. The third-order valence-corrected chi connectivity index (χ3v) is 8.91. The molecular weight excluding hydrogens is 510 g/mol. The molecule has 1 aliphatic heterocycles. The number of carbonyl (C=O) groups excluding carboxylic acids is 1. The number of nitrogens with one attached hydrogen (secondary N) is 1. The van der Waals surface area contributed by atoms with E-state index in [2.05, 4.69) is 40.3 Å². The van der Waals surface area contributed by atoms with Crippen LogP contribution < -0.4 is 19.5 Å². The molecule has 6 rings (SSSR count). The van der Waals surface area contributed by atoms with Crippen molar-refractivity contribution in [3.63, 3.8) is 0 Å². The van der Waals surface area contributed by atoms with Crippen LogP contribution in [-0.2, 0) is 19.4 Å². The Labute approximate surface area is 232 Å². The van der Waals surface area contributed by atoms with E-state index in [1.807, 2.05) is 47.4 Å². The maximum absolute atomic E-state index is 14.3. The molecule has 0 spiro atoms. The van der Waals surface area contributed by atoms with Gasteiger partial charge in [-0.05, 0) is 80.1 Å². The summed E-state index contributed by atoms with van der Waals surface area (Å²) in [5.41, 5.74) is 5.33. The fraction of sp³-hybridized carbons (Fsp3) is 0.323. The van der Waals surface area contributed by atoms with Crippen molar-refractivity contribution in [1.82, 2.24) is 9.47 Å². The van der Waals surface area contributed by atoms with E-state index in [1.165, 1.54) is 33.8 Å². The quantitative estimate of drug-likeness (QED) is 0.285. The zero-order valence-electron chi connectivity index (χ0n) is 22.5. The molecule has 0 saturated carbocycles. The van der Waals surface area contributed by atoms with Gasteiger partial charge < -0.3 is 29.0 Å². The van der Waals surface area contributed by atoms with Crippen LogP contribution in [0.1, 0.15) is 53.1 Å². The van der Waals surface area contributed by atoms with Gasteiger partial charge in [0.2, 0.25) is 0 Å². The van der Waals surface area contributed by atoms with E-state index in [-0.39, 0.29) is 12.1 Å². The Morgan fingerprint density at radius 2 is 1.87 bits per heavy atom. The molecule has 0 unspecified atom stereocenters. The number of carbonyl (C=O) groups is 1. The Hall–Kier alpha value is -3.91. The van der Waals surface area contributed by atoms with E-state index in [0.29, 0.717) is 30.3 Å². The maximum Gasteiger partial charge on any atom is 0.323 e. The molecule has 8 heteroatoms. The van der Waals surface area contributed by atoms with Gasteiger partial charge in [0.15, 0.2) is 0 Å². The number of aryl methyl sites for hydroxylation is 1. The molecule has 0 bridgehead atoms. The first-order chi connectivity index (χ1) is 19.1. The van der Waals surface area contributed by atoms with Gasteiger partial charge in [-0.15, -0.1) is 11.3 Å². The van der Waals surface area contributed by atoms with E-state index >= 15 is 0 Å². The normalized spacial score (nSPS) is 16.0. The van der Waals surface area contributed by atoms with Crippen molar-refractivity contribution in [3.05, 3.63) is 88.1 Å². The molecule has 2 aromatic heterocycles. The Bertz CT molecular complexity index is 1510. The number of hydrogen-bond donors (Lipinski definition) is 1. The van der Waals surface area contributed by atoms with Crippen LogP contribution in [0.4, 0.5) is 10.5 Å². The molecule has 0 radical (unpaired) electrons. The van der Waals surface area contributed by atoms with Gasteiger partial charge in [0.05, 0.1) is 44.8 Å². The van der Waals surface area contributed by atoms with E-state index in [1.54, 1.807) is 20.3 Å². The summed E-state index contributed by atoms with van der Waals surface area (Å²) in [6.07, 6.45) is 6.70. The summed E-state index contributed by atoms with van der Waals surface area (Å²) >= 11 is 1.88. The first-order valence-electron chi connectivity index (χ1n) is 13.4. The van der Waals surface area contributed by atoms with Crippen molar-refractivity contribution < 1.29 is 19.0 Å². The zero-order chi connectivity index (χ0) is 26.9. The van der Waals surface area contributed by atoms with Gasteiger partial charge in [-0.25, -0.2) is 4.79 Å². The number of benzene rings is 2. The average molecular weight is 544 g/mol. The van der Waals surface area contributed by atoms with Crippen molar-refractivity contribution in [2.75, 3.05) is 26.1 Å². The number of hydrogen-bond acceptors (Lipinski definition) is 5. The summed E-state index contributed by atoms with van der Waals surface area (Å²) in [6.45, 7) is 3.07. The standard InChI is InChI=1S/C31H33N3O4S/c1-4-38-22-10-7-9-20(17-22)29-26-12-8-16-33(26)30-24(23-11-5-6-13-28(23)39-30)19-34(29)31(35)32-25-15-14-21(36-2)18-27(25)37-3/h7-10,12,14-18,29H,4-6,11,13,19H2,1-3H3,(H,32,35)/t29-/m0/s1. The highest BCUT2D eigenvalue weighted by Gasteiger charge is 2.36. The number of aromatic nitrogens is 1. The Morgan fingerprint density at radius 3 is 2.69 bits per heavy atom. The Morgan fingerprint density at radius 1 is 1.00 bits per heavy atom. The predicted molar refractivity (Wildman–Crippen MR) is 154 cm³/mol. The largest absolute Gasteiger partial charge is 0.497 e. The molecule has 39 heavy (non-hydrogen) atoms. The van der Waals surface area contributed by atoms with Crippen molar-refractivity contribution in [1.29, 1.82) is 0 Å². The number of fused-ring (bicyclic) bond motifs is 5. The lowest BCUT2D eigenvalue weighted by Gasteiger charge is -2.32. The molecule has 2 amide bonds. The molecule has 202 valence electrons. The van der Waals surface area contributed by atoms with Crippen molar-refractivity contribution in [2.45, 2.75) is 45.2 Å². The van der Waals surface area contributed by atoms with E-state index in [4.69, 9.17) is 14.2 Å². The smallest absolute Gasteiger partial charge is 0.323 e. The predicted octanol–water partition coefficient (Wildman–Crippen LogP) is 6.97. The lowest BCUT2D eigenvalue weighted by Crippen LogP contribution is -2.38. The van der Waals surface area contributed by atoms with E-state index in [0.717, 1.165) is 29.8 Å². The van der Waals surface area contributed by atoms with Gasteiger partial charge in [0.1, 0.15) is 22.2 Å². The second-order valence-electron chi connectivity index (χ2n) is 9.83. The molecule has 1 aliphatic carbocycles. The first-order valence-corrected chi connectivity index (χ1v) is 14.3. The van der Waals surface area contributed by atoms with Gasteiger partial charge in [-0.1, -0.05) is 12.1 Å². The number of methoxy groups -OCH3 is 2.